The zero-order valence-electron chi connectivity index (χ0n) is 7.66. The van der Waals surface area contributed by atoms with Gasteiger partial charge in [-0.3, -0.25) is 10.0 Å². The molecule has 1 heterocycles. The molecule has 0 aliphatic carbocycles. The van der Waals surface area contributed by atoms with Crippen molar-refractivity contribution < 1.29 is 10.0 Å². The Bertz CT molecular complexity index is 352. The summed E-state index contributed by atoms with van der Waals surface area (Å²) in [7, 11) is 0. The largest absolute Gasteiger partial charge is 0.385 e. The second-order valence-electron chi connectivity index (χ2n) is 3.33. The summed E-state index contributed by atoms with van der Waals surface area (Å²) in [5, 5.41) is 11.8. The minimum Gasteiger partial charge on any atom is -0.385 e. The van der Waals surface area contributed by atoms with Crippen LogP contribution in [-0.2, 0) is 4.79 Å². The van der Waals surface area contributed by atoms with Gasteiger partial charge < -0.3 is 5.32 Å². The Morgan fingerprint density at radius 3 is 3.07 bits per heavy atom. The average Bonchev–Trinajstić information content (AvgIpc) is 2.27. The third-order valence-electron chi connectivity index (χ3n) is 2.51. The van der Waals surface area contributed by atoms with E-state index in [-0.39, 0.29) is 11.8 Å². The highest BCUT2D eigenvalue weighted by Crippen LogP contribution is 2.30. The minimum atomic E-state index is -0.334. The number of nitrogens with one attached hydrogen (secondary N) is 2. The van der Waals surface area contributed by atoms with Crippen LogP contribution in [0.15, 0.2) is 24.3 Å². The van der Waals surface area contributed by atoms with E-state index in [0.717, 1.165) is 17.8 Å². The molecular formula is C10H12N2O2. The number of hydrogen-bond acceptors (Lipinski definition) is 3. The summed E-state index contributed by atoms with van der Waals surface area (Å²) in [5.41, 5.74) is 3.64. The van der Waals surface area contributed by atoms with Crippen LogP contribution >= 0.6 is 0 Å². The number of para-hydroxylation sites is 1. The Labute approximate surface area is 81.9 Å². The third-order valence-corrected chi connectivity index (χ3v) is 2.51. The number of amides is 1. The molecule has 2 rings (SSSR count). The molecule has 1 aromatic carbocycles. The third kappa shape index (κ3) is 1.44. The van der Waals surface area contributed by atoms with Crippen LogP contribution in [0.3, 0.4) is 0 Å². The molecule has 0 radical (unpaired) electrons. The van der Waals surface area contributed by atoms with E-state index in [1.165, 1.54) is 0 Å². The van der Waals surface area contributed by atoms with Gasteiger partial charge in [0.25, 0.3) is 5.91 Å². The summed E-state index contributed by atoms with van der Waals surface area (Å²) in [4.78, 5) is 11.3. The number of carbonyl (C=O) groups is 1. The molecule has 1 aliphatic rings. The standard InChI is InChI=1S/C10H12N2O2/c13-10(12-14)8-5-6-11-9-4-2-1-3-7(8)9/h1-4,8,11,14H,5-6H2,(H,12,13). The fourth-order valence-electron chi connectivity index (χ4n) is 1.82. The predicted octanol–water partition coefficient (Wildman–Crippen LogP) is 1.09. The van der Waals surface area contributed by atoms with Crippen molar-refractivity contribution in [2.45, 2.75) is 12.3 Å². The van der Waals surface area contributed by atoms with Crippen molar-refractivity contribution in [3.05, 3.63) is 29.8 Å². The van der Waals surface area contributed by atoms with Gasteiger partial charge in [0.2, 0.25) is 0 Å². The maximum atomic E-state index is 11.3. The van der Waals surface area contributed by atoms with Gasteiger partial charge in [-0.25, -0.2) is 5.48 Å². The number of hydrogen-bond donors (Lipinski definition) is 3. The van der Waals surface area contributed by atoms with E-state index in [0.29, 0.717) is 6.42 Å². The smallest absolute Gasteiger partial charge is 0.251 e. The first-order valence-corrected chi connectivity index (χ1v) is 4.59. The van der Waals surface area contributed by atoms with Gasteiger partial charge in [0.1, 0.15) is 0 Å². The molecule has 1 atom stereocenters. The minimum absolute atomic E-state index is 0.238. The zero-order valence-corrected chi connectivity index (χ0v) is 7.66. The quantitative estimate of drug-likeness (QED) is 0.461. The first-order chi connectivity index (χ1) is 6.83. The summed E-state index contributed by atoms with van der Waals surface area (Å²) in [6.45, 7) is 0.759. The highest BCUT2D eigenvalue weighted by atomic mass is 16.5. The van der Waals surface area contributed by atoms with Crippen molar-refractivity contribution in [2.75, 3.05) is 11.9 Å². The number of benzene rings is 1. The van der Waals surface area contributed by atoms with E-state index in [1.807, 2.05) is 24.3 Å². The Balaban J connectivity index is 2.35. The monoisotopic (exact) mass is 192 g/mol. The summed E-state index contributed by atoms with van der Waals surface area (Å²) in [5.74, 6) is -0.573. The van der Waals surface area contributed by atoms with Crippen molar-refractivity contribution in [1.29, 1.82) is 0 Å². The maximum absolute atomic E-state index is 11.3. The summed E-state index contributed by atoms with van der Waals surface area (Å²) in [6.07, 6.45) is 0.712. The van der Waals surface area contributed by atoms with Gasteiger partial charge in [-0.05, 0) is 18.1 Å². The van der Waals surface area contributed by atoms with Crippen LogP contribution in [0.5, 0.6) is 0 Å². The highest BCUT2D eigenvalue weighted by Gasteiger charge is 2.25. The Hall–Kier alpha value is -1.55. The van der Waals surface area contributed by atoms with Crippen molar-refractivity contribution in [2.24, 2.45) is 0 Å². The molecule has 3 N–H and O–H groups in total. The van der Waals surface area contributed by atoms with Crippen LogP contribution in [0.25, 0.3) is 0 Å². The van der Waals surface area contributed by atoms with Crippen molar-refractivity contribution in [1.82, 2.24) is 5.48 Å². The Kier molecular flexibility index (Phi) is 2.37. The molecule has 74 valence electrons. The van der Waals surface area contributed by atoms with Crippen LogP contribution in [0.4, 0.5) is 5.69 Å². The molecule has 1 amide bonds. The van der Waals surface area contributed by atoms with Gasteiger partial charge >= 0.3 is 0 Å². The van der Waals surface area contributed by atoms with E-state index in [9.17, 15) is 4.79 Å². The Morgan fingerprint density at radius 1 is 1.50 bits per heavy atom. The lowest BCUT2D eigenvalue weighted by atomic mass is 9.90. The molecule has 4 nitrogen and oxygen atoms in total. The van der Waals surface area contributed by atoms with Crippen LogP contribution in [0.2, 0.25) is 0 Å². The first-order valence-electron chi connectivity index (χ1n) is 4.59. The van der Waals surface area contributed by atoms with E-state index >= 15 is 0 Å². The fourth-order valence-corrected chi connectivity index (χ4v) is 1.82. The van der Waals surface area contributed by atoms with E-state index in [2.05, 4.69) is 5.32 Å². The average molecular weight is 192 g/mol. The van der Waals surface area contributed by atoms with Crippen LogP contribution in [0, 0.1) is 0 Å². The molecule has 1 unspecified atom stereocenters. The summed E-state index contributed by atoms with van der Waals surface area (Å²) >= 11 is 0. The second kappa shape index (κ2) is 3.67. The number of hydroxylamine groups is 1. The number of carbonyl (C=O) groups excluding carboxylic acids is 1. The molecule has 0 bridgehead atoms. The maximum Gasteiger partial charge on any atom is 0.251 e. The normalized spacial score (nSPS) is 19.4. The van der Waals surface area contributed by atoms with Crippen LogP contribution < -0.4 is 10.8 Å². The molecule has 1 aliphatic heterocycles. The van der Waals surface area contributed by atoms with Crippen LogP contribution in [-0.4, -0.2) is 17.7 Å². The zero-order chi connectivity index (χ0) is 9.97. The van der Waals surface area contributed by atoms with E-state index < -0.39 is 0 Å². The summed E-state index contributed by atoms with van der Waals surface area (Å²) in [6, 6.07) is 7.65. The van der Waals surface area contributed by atoms with E-state index in [1.54, 1.807) is 5.48 Å². The van der Waals surface area contributed by atoms with Gasteiger partial charge in [-0.15, -0.1) is 0 Å². The SMILES string of the molecule is O=C(NO)C1CCNc2ccccc21. The lowest BCUT2D eigenvalue weighted by Gasteiger charge is -2.24. The molecule has 1 aromatic rings. The Morgan fingerprint density at radius 2 is 2.29 bits per heavy atom. The molecular weight excluding hydrogens is 180 g/mol. The van der Waals surface area contributed by atoms with Crippen molar-refractivity contribution >= 4 is 11.6 Å². The lowest BCUT2D eigenvalue weighted by Crippen LogP contribution is -2.30. The molecule has 14 heavy (non-hydrogen) atoms. The van der Waals surface area contributed by atoms with Gasteiger partial charge in [0, 0.05) is 12.2 Å². The molecule has 0 fully saturated rings. The molecule has 0 saturated heterocycles. The molecule has 0 aromatic heterocycles. The van der Waals surface area contributed by atoms with Gasteiger partial charge in [-0.2, -0.15) is 0 Å². The number of anilines is 1. The second-order valence-corrected chi connectivity index (χ2v) is 3.33. The van der Waals surface area contributed by atoms with Gasteiger partial charge in [0.05, 0.1) is 5.92 Å². The number of rotatable bonds is 1. The highest BCUT2D eigenvalue weighted by molar-refractivity contribution is 5.85. The van der Waals surface area contributed by atoms with Gasteiger partial charge in [0.15, 0.2) is 0 Å². The fraction of sp³-hybridized carbons (Fsp3) is 0.300. The topological polar surface area (TPSA) is 61.4 Å². The van der Waals surface area contributed by atoms with Crippen LogP contribution in [0.1, 0.15) is 17.9 Å². The number of fused-ring (bicyclic) bond motifs is 1. The molecule has 4 heteroatoms. The van der Waals surface area contributed by atoms with E-state index in [4.69, 9.17) is 5.21 Å². The first kappa shape index (κ1) is 9.02. The van der Waals surface area contributed by atoms with Crippen molar-refractivity contribution in [3.63, 3.8) is 0 Å². The predicted molar refractivity (Wildman–Crippen MR) is 52.2 cm³/mol. The summed E-state index contributed by atoms with van der Waals surface area (Å²) < 4.78 is 0. The molecule has 0 saturated carbocycles. The molecule has 0 spiro atoms. The lowest BCUT2D eigenvalue weighted by molar-refractivity contribution is -0.130. The van der Waals surface area contributed by atoms with Gasteiger partial charge in [-0.1, -0.05) is 18.2 Å². The van der Waals surface area contributed by atoms with Crippen molar-refractivity contribution in [3.8, 4) is 0 Å².